The average molecular weight is 1080 g/mol. The van der Waals surface area contributed by atoms with Gasteiger partial charge in [0.15, 0.2) is 0 Å². The van der Waals surface area contributed by atoms with Crippen LogP contribution in [0, 0.1) is 29.6 Å². The predicted molar refractivity (Wildman–Crippen MR) is 282 cm³/mol. The van der Waals surface area contributed by atoms with Gasteiger partial charge in [0.25, 0.3) is 0 Å². The molecule has 0 saturated heterocycles. The summed E-state index contributed by atoms with van der Waals surface area (Å²) in [7, 11) is 0. The number of nitrogens with one attached hydrogen (secondary N) is 9. The fraction of sp³-hybridized carbons (Fsp3) is 0.692. The van der Waals surface area contributed by atoms with Crippen LogP contribution >= 0.6 is 0 Å². The number of nitrogens with two attached hydrogens (primary N) is 1. The van der Waals surface area contributed by atoms with Crippen LogP contribution < -0.4 is 53.6 Å². The zero-order chi connectivity index (χ0) is 58.3. The summed E-state index contributed by atoms with van der Waals surface area (Å²) >= 11 is 0. The number of hydrogen-bond donors (Lipinski definition) is 14. The molecule has 430 valence electrons. The zero-order valence-electron chi connectivity index (χ0n) is 46.4. The fourth-order valence-corrected chi connectivity index (χ4v) is 7.76. The van der Waals surface area contributed by atoms with Gasteiger partial charge in [-0.05, 0) is 87.3 Å². The molecule has 0 aliphatic rings. The summed E-state index contributed by atoms with van der Waals surface area (Å²) in [5.41, 5.74) is 6.51. The average Bonchev–Trinajstić information content (AvgIpc) is 3.33. The topological polar surface area (TPSA) is 386 Å². The highest BCUT2D eigenvalue weighted by atomic mass is 16.4. The molecule has 76 heavy (non-hydrogen) atoms. The summed E-state index contributed by atoms with van der Waals surface area (Å²) in [4.78, 5) is 134. The minimum Gasteiger partial charge on any atom is -0.508 e. The molecule has 0 unspecified atom stereocenters. The zero-order valence-corrected chi connectivity index (χ0v) is 46.4. The second-order valence-electron chi connectivity index (χ2n) is 21.1. The molecule has 0 saturated carbocycles. The largest absolute Gasteiger partial charge is 0.508 e. The molecule has 24 heteroatoms. The van der Waals surface area contributed by atoms with Gasteiger partial charge < -0.3 is 74.0 Å². The maximum absolute atomic E-state index is 14.2. The molecule has 0 fully saturated rings. The number of phenolic OH excluding ortho intramolecular Hbond substituents is 1. The third kappa shape index (κ3) is 23.6. The number of carbonyl (C=O) groups excluding carboxylic acids is 9. The van der Waals surface area contributed by atoms with Gasteiger partial charge in [-0.15, -0.1) is 0 Å². The molecule has 1 aromatic rings. The monoisotopic (exact) mass is 1080 g/mol. The van der Waals surface area contributed by atoms with Crippen LogP contribution in [0.25, 0.3) is 0 Å². The van der Waals surface area contributed by atoms with Gasteiger partial charge >= 0.3 is 5.97 Å². The third-order valence-corrected chi connectivity index (χ3v) is 12.6. The lowest BCUT2D eigenvalue weighted by atomic mass is 9.96. The van der Waals surface area contributed by atoms with Crippen LogP contribution in [0.4, 0.5) is 0 Å². The normalized spacial score (nSPS) is 16.6. The van der Waals surface area contributed by atoms with Crippen LogP contribution in [-0.4, -0.2) is 153 Å². The van der Waals surface area contributed by atoms with Gasteiger partial charge in [-0.3, -0.25) is 43.2 Å². The maximum Gasteiger partial charge on any atom is 0.326 e. The van der Waals surface area contributed by atoms with Gasteiger partial charge in [-0.25, -0.2) is 4.79 Å². The number of carboxylic acids is 1. The van der Waals surface area contributed by atoms with E-state index in [2.05, 4.69) is 47.9 Å². The van der Waals surface area contributed by atoms with Crippen LogP contribution in [0.2, 0.25) is 0 Å². The Labute approximate surface area is 446 Å². The number of benzene rings is 1. The fourth-order valence-electron chi connectivity index (χ4n) is 7.76. The van der Waals surface area contributed by atoms with Crippen molar-refractivity contribution >= 4 is 59.1 Å². The van der Waals surface area contributed by atoms with E-state index in [1.807, 2.05) is 27.7 Å². The first-order valence-electron chi connectivity index (χ1n) is 26.2. The van der Waals surface area contributed by atoms with Crippen LogP contribution in [0.15, 0.2) is 24.3 Å². The molecule has 0 aliphatic carbocycles. The molecule has 0 radical (unpaired) electrons. The van der Waals surface area contributed by atoms with E-state index >= 15 is 0 Å². The number of hydrogen-bond acceptors (Lipinski definition) is 14. The molecule has 1 aromatic carbocycles. The van der Waals surface area contributed by atoms with E-state index in [1.54, 1.807) is 41.5 Å². The summed E-state index contributed by atoms with van der Waals surface area (Å²) in [6, 6.07) is -6.23. The van der Waals surface area contributed by atoms with Crippen LogP contribution in [-0.2, 0) is 54.4 Å². The highest BCUT2D eigenvalue weighted by Gasteiger charge is 2.37. The maximum atomic E-state index is 14.2. The van der Waals surface area contributed by atoms with Crippen molar-refractivity contribution < 1.29 is 68.4 Å². The lowest BCUT2D eigenvalue weighted by Crippen LogP contribution is -2.62. The molecule has 0 aliphatic heterocycles. The van der Waals surface area contributed by atoms with Crippen LogP contribution in [0.5, 0.6) is 5.75 Å². The Hall–Kier alpha value is -6.40. The van der Waals surface area contributed by atoms with Crippen molar-refractivity contribution in [3.8, 4) is 5.75 Å². The molecular formula is C52H88N10O14. The predicted octanol–water partition coefficient (Wildman–Crippen LogP) is -0.647. The first-order valence-corrected chi connectivity index (χ1v) is 26.2. The van der Waals surface area contributed by atoms with Gasteiger partial charge in [-0.1, -0.05) is 94.2 Å². The number of amides is 9. The van der Waals surface area contributed by atoms with E-state index in [0.29, 0.717) is 24.8 Å². The second-order valence-corrected chi connectivity index (χ2v) is 21.1. The van der Waals surface area contributed by atoms with Crippen molar-refractivity contribution in [3.05, 3.63) is 29.8 Å². The van der Waals surface area contributed by atoms with E-state index in [1.165, 1.54) is 45.0 Å². The minimum absolute atomic E-state index is 0.0252. The highest BCUT2D eigenvalue weighted by molar-refractivity contribution is 5.98. The standard InChI is InChI=1S/C52H88N10O14/c1-14-28(9)40(60-46(69)36(21-26(5)6)57-45(68)35(53)20-25(3)4)48(71)54-24-39(66)59-42(31(12)63)50(73)55-30(11)44(67)56-37(23-33-16-18-34(65)19-17-33)47(70)61-41(29(10)15-2)49(72)62-43(32(13)64)51(74)58-38(52(75)76)22-27(7)8/h16-19,25-32,35-38,40-43,63-65H,14-15,20-24,53H2,1-13H3,(H,54,71)(H,55,73)(H,56,67)(H,57,68)(H,58,74)(H,59,66)(H,60,69)(H,61,70)(H,62,72)(H,75,76)/t28-,29-,30-,31+,32+,35-,36-,37-,38-,40-,41-,42-,43-/m0/s1. The third-order valence-electron chi connectivity index (χ3n) is 12.6. The molecule has 0 bridgehead atoms. The molecule has 24 nitrogen and oxygen atoms in total. The molecule has 1 rings (SSSR count). The van der Waals surface area contributed by atoms with E-state index in [-0.39, 0.29) is 42.8 Å². The number of aliphatic carboxylic acids is 1. The quantitative estimate of drug-likeness (QED) is 0.0416. The number of carbonyl (C=O) groups is 10. The molecule has 0 spiro atoms. The highest BCUT2D eigenvalue weighted by Crippen LogP contribution is 2.16. The van der Waals surface area contributed by atoms with Crippen molar-refractivity contribution in [2.75, 3.05) is 6.54 Å². The molecule has 9 amide bonds. The van der Waals surface area contributed by atoms with E-state index in [9.17, 15) is 68.4 Å². The molecule has 15 N–H and O–H groups in total. The lowest BCUT2D eigenvalue weighted by Gasteiger charge is -2.30. The first-order chi connectivity index (χ1) is 35.3. The van der Waals surface area contributed by atoms with Gasteiger partial charge in [0, 0.05) is 6.42 Å². The van der Waals surface area contributed by atoms with E-state index in [4.69, 9.17) is 5.73 Å². The molecule has 0 heterocycles. The Morgan fingerprint density at radius 3 is 1.36 bits per heavy atom. The van der Waals surface area contributed by atoms with Crippen molar-refractivity contribution in [2.24, 2.45) is 35.3 Å². The second kappa shape index (κ2) is 32.9. The summed E-state index contributed by atoms with van der Waals surface area (Å²) in [6.07, 6.45) is -1.80. The van der Waals surface area contributed by atoms with Crippen molar-refractivity contribution in [2.45, 2.75) is 195 Å². The Bertz CT molecular complexity index is 2100. The minimum atomic E-state index is -1.67. The Morgan fingerprint density at radius 1 is 0.474 bits per heavy atom. The summed E-state index contributed by atoms with van der Waals surface area (Å²) in [5, 5.41) is 63.2. The smallest absolute Gasteiger partial charge is 0.326 e. The number of aromatic hydroxyl groups is 1. The molecule has 13 atom stereocenters. The summed E-state index contributed by atoms with van der Waals surface area (Å²) in [5.74, 6) is -10.0. The molecule has 0 aromatic heterocycles. The number of phenols is 1. The molecular weight excluding hydrogens is 989 g/mol. The Kier molecular flexibility index (Phi) is 29.3. The number of aliphatic hydroxyl groups excluding tert-OH is 2. The van der Waals surface area contributed by atoms with Crippen molar-refractivity contribution in [1.82, 2.24) is 47.9 Å². The van der Waals surface area contributed by atoms with Gasteiger partial charge in [0.1, 0.15) is 54.1 Å². The summed E-state index contributed by atoms with van der Waals surface area (Å²) < 4.78 is 0. The number of rotatable bonds is 33. The van der Waals surface area contributed by atoms with Gasteiger partial charge in [0.2, 0.25) is 53.2 Å². The Morgan fingerprint density at radius 2 is 0.882 bits per heavy atom. The van der Waals surface area contributed by atoms with E-state index < -0.39 is 144 Å². The number of aliphatic hydroxyl groups is 2. The van der Waals surface area contributed by atoms with Gasteiger partial charge in [0.05, 0.1) is 24.8 Å². The van der Waals surface area contributed by atoms with E-state index in [0.717, 1.165) is 0 Å². The first kappa shape index (κ1) is 67.6. The van der Waals surface area contributed by atoms with Crippen molar-refractivity contribution in [1.29, 1.82) is 0 Å². The lowest BCUT2D eigenvalue weighted by molar-refractivity contribution is -0.143. The summed E-state index contributed by atoms with van der Waals surface area (Å²) in [6.45, 7) is 20.9. The van der Waals surface area contributed by atoms with Crippen molar-refractivity contribution in [3.63, 3.8) is 0 Å². The van der Waals surface area contributed by atoms with Crippen LogP contribution in [0.3, 0.4) is 0 Å². The van der Waals surface area contributed by atoms with Crippen LogP contribution in [0.1, 0.15) is 128 Å². The Balaban J connectivity index is 3.27. The SMILES string of the molecule is CC[C@H](C)[C@H](NC(=O)[C@H](CC(C)C)NC(=O)[C@@H](N)CC(C)C)C(=O)NCC(=O)N[C@H](C(=O)N[C@@H](C)C(=O)N[C@@H](Cc1ccc(O)cc1)C(=O)N[C@H](C(=O)N[C@H](C(=O)N[C@@H](CC(C)C)C(=O)O)[C@@H](C)O)[C@@H](C)CC)[C@@H](C)O. The van der Waals surface area contributed by atoms with Gasteiger partial charge in [-0.2, -0.15) is 0 Å². The number of carboxylic acid groups (broad SMARTS) is 1.